The smallest absolute Gasteiger partial charge is 0.225 e. The van der Waals surface area contributed by atoms with E-state index in [1.54, 1.807) is 6.07 Å². The Morgan fingerprint density at radius 3 is 2.39 bits per heavy atom. The Morgan fingerprint density at radius 2 is 1.68 bits per heavy atom. The van der Waals surface area contributed by atoms with Gasteiger partial charge in [-0.2, -0.15) is 9.98 Å². The first-order valence-corrected chi connectivity index (χ1v) is 9.25. The van der Waals surface area contributed by atoms with Crippen LogP contribution >= 0.6 is 0 Å². The number of para-hydroxylation sites is 1. The molecule has 0 aliphatic carbocycles. The Labute approximate surface area is 164 Å². The van der Waals surface area contributed by atoms with Crippen molar-refractivity contribution in [3.63, 3.8) is 0 Å². The maximum Gasteiger partial charge on any atom is 0.225 e. The summed E-state index contributed by atoms with van der Waals surface area (Å²) in [5.41, 5.74) is 14.7. The van der Waals surface area contributed by atoms with Gasteiger partial charge >= 0.3 is 0 Å². The lowest BCUT2D eigenvalue weighted by molar-refractivity contribution is 0.866. The van der Waals surface area contributed by atoms with E-state index in [0.717, 1.165) is 35.4 Å². The quantitative estimate of drug-likeness (QED) is 0.468. The molecule has 2 aromatic carbocycles. The van der Waals surface area contributed by atoms with E-state index in [1.165, 1.54) is 0 Å². The van der Waals surface area contributed by atoms with Crippen LogP contribution in [0.25, 0.3) is 10.9 Å². The van der Waals surface area contributed by atoms with Gasteiger partial charge < -0.3 is 21.7 Å². The van der Waals surface area contributed by atoms with Crippen LogP contribution in [0, 0.1) is 0 Å². The molecule has 0 radical (unpaired) electrons. The first kappa shape index (κ1) is 19.2. The normalized spacial score (nSPS) is 12.2. The summed E-state index contributed by atoms with van der Waals surface area (Å²) < 4.78 is 0. The number of fused-ring (bicyclic) bond motifs is 1. The highest BCUT2D eigenvalue weighted by Crippen LogP contribution is 2.18. The van der Waals surface area contributed by atoms with E-state index in [4.69, 9.17) is 11.5 Å². The third kappa shape index (κ3) is 4.76. The van der Waals surface area contributed by atoms with Crippen molar-refractivity contribution in [2.24, 2.45) is 21.5 Å². The third-order valence-electron chi connectivity index (χ3n) is 4.32. The molecule has 0 fully saturated rings. The Morgan fingerprint density at radius 1 is 0.964 bits per heavy atom. The molecule has 0 atom stereocenters. The lowest BCUT2D eigenvalue weighted by Crippen LogP contribution is -2.26. The molecule has 0 unspecified atom stereocenters. The Kier molecular flexibility index (Phi) is 6.06. The lowest BCUT2D eigenvalue weighted by atomic mass is 10.2. The van der Waals surface area contributed by atoms with Crippen molar-refractivity contribution in [3.05, 3.63) is 60.7 Å². The number of benzene rings is 2. The fourth-order valence-electron chi connectivity index (χ4n) is 2.90. The van der Waals surface area contributed by atoms with Gasteiger partial charge in [-0.15, -0.1) is 0 Å². The first-order valence-electron chi connectivity index (χ1n) is 9.25. The first-order chi connectivity index (χ1) is 13.6. The molecule has 5 N–H and O–H groups in total. The summed E-state index contributed by atoms with van der Waals surface area (Å²) in [5, 5.41) is 4.06. The van der Waals surface area contributed by atoms with Crippen LogP contribution in [0.15, 0.2) is 70.6 Å². The van der Waals surface area contributed by atoms with E-state index in [2.05, 4.69) is 39.0 Å². The van der Waals surface area contributed by atoms with Crippen LogP contribution in [0.5, 0.6) is 0 Å². The predicted molar refractivity (Wildman–Crippen MR) is 118 cm³/mol. The molecule has 3 aromatic rings. The van der Waals surface area contributed by atoms with Crippen LogP contribution in [0.1, 0.15) is 13.8 Å². The Bertz CT molecular complexity index is 989. The summed E-state index contributed by atoms with van der Waals surface area (Å²) in [7, 11) is 0. The number of aromatic nitrogens is 1. The topological polar surface area (TPSA) is 105 Å². The molecule has 0 amide bonds. The van der Waals surface area contributed by atoms with Gasteiger partial charge in [0, 0.05) is 29.9 Å². The number of nitrogens with two attached hydrogens (primary N) is 2. The number of rotatable bonds is 5. The highest BCUT2D eigenvalue weighted by molar-refractivity contribution is 6.01. The van der Waals surface area contributed by atoms with E-state index in [0.29, 0.717) is 5.82 Å². The van der Waals surface area contributed by atoms with Gasteiger partial charge in [0.1, 0.15) is 0 Å². The molecule has 144 valence electrons. The third-order valence-corrected chi connectivity index (χ3v) is 4.32. The average molecular weight is 375 g/mol. The largest absolute Gasteiger partial charge is 0.372 e. The molecule has 0 aliphatic heterocycles. The minimum absolute atomic E-state index is 0.0348. The van der Waals surface area contributed by atoms with E-state index in [-0.39, 0.29) is 11.9 Å². The van der Waals surface area contributed by atoms with Crippen molar-refractivity contribution in [1.29, 1.82) is 0 Å². The molecule has 7 heteroatoms. The molecule has 0 aliphatic rings. The molecule has 3 rings (SSSR count). The standard InChI is InChI=1S/C21H25N7/c1-3-28(4-2)17-12-10-16(11-13-17)24-20(22)27-21(23)26-19-14-9-15-7-5-6-8-18(15)25-19/h5-14H,3-4H2,1-2H3,(H5,22,23,24,25,26,27). The van der Waals surface area contributed by atoms with Crippen molar-refractivity contribution in [1.82, 2.24) is 4.98 Å². The molecule has 1 heterocycles. The van der Waals surface area contributed by atoms with Gasteiger partial charge in [0.05, 0.1) is 5.52 Å². The van der Waals surface area contributed by atoms with Crippen LogP contribution < -0.4 is 21.7 Å². The van der Waals surface area contributed by atoms with Gasteiger partial charge in [-0.1, -0.05) is 18.2 Å². The van der Waals surface area contributed by atoms with Crippen molar-refractivity contribution >= 4 is 40.0 Å². The zero-order valence-electron chi connectivity index (χ0n) is 16.1. The number of pyridine rings is 1. The highest BCUT2D eigenvalue weighted by atomic mass is 15.2. The Hall–Kier alpha value is -3.61. The van der Waals surface area contributed by atoms with Gasteiger partial charge in [-0.25, -0.2) is 4.98 Å². The fourth-order valence-corrected chi connectivity index (χ4v) is 2.90. The summed E-state index contributed by atoms with van der Waals surface area (Å²) in [6.45, 7) is 6.19. The van der Waals surface area contributed by atoms with Gasteiger partial charge in [-0.05, 0) is 56.3 Å². The van der Waals surface area contributed by atoms with Crippen LogP contribution in [0.3, 0.4) is 0 Å². The number of nitrogens with zero attached hydrogens (tertiary/aromatic N) is 4. The SMILES string of the molecule is CCN(CC)c1ccc(NC(N)=NC(N)=Nc2ccc3ccccc3n2)cc1. The fraction of sp³-hybridized carbons (Fsp3) is 0.190. The molecule has 7 nitrogen and oxygen atoms in total. The minimum Gasteiger partial charge on any atom is -0.372 e. The Balaban J connectivity index is 1.70. The van der Waals surface area contributed by atoms with Gasteiger partial charge in [0.25, 0.3) is 0 Å². The molecular formula is C21H25N7. The van der Waals surface area contributed by atoms with Crippen molar-refractivity contribution in [2.75, 3.05) is 23.3 Å². The van der Waals surface area contributed by atoms with Crippen LogP contribution in [0.4, 0.5) is 17.2 Å². The number of hydrogen-bond donors (Lipinski definition) is 3. The minimum atomic E-state index is 0.0348. The molecule has 0 saturated heterocycles. The molecular weight excluding hydrogens is 350 g/mol. The summed E-state index contributed by atoms with van der Waals surface area (Å²) >= 11 is 0. The maximum absolute atomic E-state index is 5.95. The molecule has 0 saturated carbocycles. The lowest BCUT2D eigenvalue weighted by Gasteiger charge is -2.21. The predicted octanol–water partition coefficient (Wildman–Crippen LogP) is 3.45. The summed E-state index contributed by atoms with van der Waals surface area (Å²) in [4.78, 5) is 15.0. The monoisotopic (exact) mass is 375 g/mol. The number of hydrogen-bond acceptors (Lipinski definition) is 3. The van der Waals surface area contributed by atoms with E-state index in [9.17, 15) is 0 Å². The highest BCUT2D eigenvalue weighted by Gasteiger charge is 2.03. The van der Waals surface area contributed by atoms with Crippen molar-refractivity contribution < 1.29 is 0 Å². The molecule has 0 bridgehead atoms. The van der Waals surface area contributed by atoms with Crippen LogP contribution in [0.2, 0.25) is 0 Å². The second kappa shape index (κ2) is 8.85. The van der Waals surface area contributed by atoms with E-state index >= 15 is 0 Å². The second-order valence-corrected chi connectivity index (χ2v) is 6.17. The van der Waals surface area contributed by atoms with Crippen LogP contribution in [-0.4, -0.2) is 30.0 Å². The van der Waals surface area contributed by atoms with Gasteiger partial charge in [0.15, 0.2) is 5.82 Å². The van der Waals surface area contributed by atoms with E-state index in [1.807, 2.05) is 54.6 Å². The maximum atomic E-state index is 5.95. The van der Waals surface area contributed by atoms with Crippen molar-refractivity contribution in [2.45, 2.75) is 13.8 Å². The van der Waals surface area contributed by atoms with Crippen molar-refractivity contribution in [3.8, 4) is 0 Å². The van der Waals surface area contributed by atoms with Crippen LogP contribution in [-0.2, 0) is 0 Å². The van der Waals surface area contributed by atoms with Gasteiger partial charge in [-0.3, -0.25) is 0 Å². The average Bonchev–Trinajstić information content (AvgIpc) is 2.70. The number of guanidine groups is 2. The number of nitrogens with one attached hydrogen (secondary N) is 1. The molecule has 28 heavy (non-hydrogen) atoms. The number of anilines is 2. The summed E-state index contributed by atoms with van der Waals surface area (Å²) in [6.07, 6.45) is 0. The molecule has 1 aromatic heterocycles. The zero-order valence-corrected chi connectivity index (χ0v) is 16.1. The summed E-state index contributed by atoms with van der Waals surface area (Å²) in [5.74, 6) is 0.682. The zero-order chi connectivity index (χ0) is 19.9. The summed E-state index contributed by atoms with van der Waals surface area (Å²) in [6, 6.07) is 19.5. The van der Waals surface area contributed by atoms with Gasteiger partial charge in [0.2, 0.25) is 11.9 Å². The second-order valence-electron chi connectivity index (χ2n) is 6.17. The molecule has 0 spiro atoms. The number of aliphatic imine (C=N–C) groups is 2. The van der Waals surface area contributed by atoms with E-state index < -0.39 is 0 Å².